The van der Waals surface area contributed by atoms with Crippen molar-refractivity contribution in [2.75, 3.05) is 11.2 Å². The summed E-state index contributed by atoms with van der Waals surface area (Å²) in [7, 11) is 0. The highest BCUT2D eigenvalue weighted by Gasteiger charge is 1.80. The minimum absolute atomic E-state index is 0.0833. The molecule has 0 radical (unpaired) electrons. The molecule has 0 aliphatic heterocycles. The Morgan fingerprint density at radius 3 is 1.50 bits per heavy atom. The summed E-state index contributed by atoms with van der Waals surface area (Å²) in [5, 5.41) is 0.257. The van der Waals surface area contributed by atoms with E-state index in [2.05, 4.69) is 27.4 Å². The van der Waals surface area contributed by atoms with Gasteiger partial charge in [0.1, 0.15) is 5.88 Å². The lowest BCUT2D eigenvalue weighted by molar-refractivity contribution is -0.116. The van der Waals surface area contributed by atoms with Crippen LogP contribution in [0.3, 0.4) is 0 Å². The normalized spacial score (nSPS) is 7.40. The Morgan fingerprint density at radius 1 is 1.30 bits per heavy atom. The molecule has 0 saturated heterocycles. The van der Waals surface area contributed by atoms with Crippen LogP contribution < -0.4 is 11.5 Å². The first kappa shape index (κ1) is 12.4. The van der Waals surface area contributed by atoms with E-state index in [0.717, 1.165) is 0 Å². The Labute approximate surface area is 72.0 Å². The lowest BCUT2D eigenvalue weighted by atomic mass is 10.8. The molecule has 0 aromatic heterocycles. The zero-order valence-corrected chi connectivity index (χ0v) is 7.48. The molecule has 0 fully saturated rings. The van der Waals surface area contributed by atoms with Crippen molar-refractivity contribution in [1.29, 1.82) is 0 Å². The molecule has 0 atom stereocenters. The third kappa shape index (κ3) is 25.2. The highest BCUT2D eigenvalue weighted by Crippen LogP contribution is 1.71. The zero-order valence-electron chi connectivity index (χ0n) is 5.14. The Hall–Kier alpha value is -0.290. The molecule has 0 unspecified atom stereocenters. The predicted molar refractivity (Wildman–Crippen MR) is 42.9 cm³/mol. The van der Waals surface area contributed by atoms with Gasteiger partial charge in [0, 0.05) is 0 Å². The Morgan fingerprint density at radius 2 is 1.50 bits per heavy atom. The molecule has 0 rings (SSSR count). The number of primary amides is 2. The molecule has 4 N–H and O–H groups in total. The van der Waals surface area contributed by atoms with Gasteiger partial charge in [-0.05, 0) is 0 Å². The molecule has 4 nitrogen and oxygen atoms in total. The number of carbonyl (C=O) groups is 2. The predicted octanol–water partition coefficient (Wildman–Crippen LogP) is -0.423. The average molecular weight is 231 g/mol. The molecular formula is C4H8BrClN2O2. The largest absolute Gasteiger partial charge is 0.369 e. The van der Waals surface area contributed by atoms with Crippen molar-refractivity contribution in [3.05, 3.63) is 0 Å². The summed E-state index contributed by atoms with van der Waals surface area (Å²) in [4.78, 5) is 19.0. The fourth-order valence-electron chi connectivity index (χ4n) is 0. The smallest absolute Gasteiger partial charge is 0.232 e. The number of hydrogen-bond acceptors (Lipinski definition) is 2. The van der Waals surface area contributed by atoms with E-state index in [4.69, 9.17) is 11.6 Å². The summed E-state index contributed by atoms with van der Waals surface area (Å²) in [6.07, 6.45) is 0. The second kappa shape index (κ2) is 8.71. The first-order valence-electron chi connectivity index (χ1n) is 2.23. The van der Waals surface area contributed by atoms with Gasteiger partial charge in [-0.1, -0.05) is 15.9 Å². The van der Waals surface area contributed by atoms with E-state index in [1.165, 1.54) is 0 Å². The average Bonchev–Trinajstić information content (AvgIpc) is 1.89. The van der Waals surface area contributed by atoms with Gasteiger partial charge in [-0.3, -0.25) is 9.59 Å². The number of halogens is 2. The van der Waals surface area contributed by atoms with Crippen LogP contribution in [0.5, 0.6) is 0 Å². The molecule has 2 amide bonds. The number of nitrogens with two attached hydrogens (primary N) is 2. The Bertz CT molecular complexity index is 106. The van der Waals surface area contributed by atoms with Gasteiger partial charge in [0.15, 0.2) is 0 Å². The van der Waals surface area contributed by atoms with Crippen LogP contribution in [0.25, 0.3) is 0 Å². The van der Waals surface area contributed by atoms with E-state index in [0.29, 0.717) is 0 Å². The molecule has 0 saturated carbocycles. The zero-order chi connectivity index (χ0) is 8.57. The standard InChI is InChI=1S/C2H4BrNO.C2H4ClNO/c2*3-1-2(4)5/h2*1H2,(H2,4,5). The van der Waals surface area contributed by atoms with Crippen LogP contribution in [0.4, 0.5) is 0 Å². The number of hydrogen-bond donors (Lipinski definition) is 2. The minimum atomic E-state index is -0.480. The van der Waals surface area contributed by atoms with E-state index < -0.39 is 5.91 Å². The van der Waals surface area contributed by atoms with Gasteiger partial charge in [0.2, 0.25) is 11.8 Å². The highest BCUT2D eigenvalue weighted by atomic mass is 79.9. The Kier molecular flexibility index (Phi) is 10.8. The van der Waals surface area contributed by atoms with E-state index >= 15 is 0 Å². The van der Waals surface area contributed by atoms with Crippen LogP contribution in [-0.2, 0) is 9.59 Å². The van der Waals surface area contributed by atoms with Gasteiger partial charge in [0.25, 0.3) is 0 Å². The number of carbonyl (C=O) groups excluding carboxylic acids is 2. The molecule has 6 heteroatoms. The van der Waals surface area contributed by atoms with Crippen molar-refractivity contribution in [3.63, 3.8) is 0 Å². The quantitative estimate of drug-likeness (QED) is 0.632. The van der Waals surface area contributed by atoms with Gasteiger partial charge < -0.3 is 11.5 Å². The monoisotopic (exact) mass is 230 g/mol. The molecular weight excluding hydrogens is 223 g/mol. The first-order valence-corrected chi connectivity index (χ1v) is 3.88. The molecule has 0 aromatic rings. The molecule has 0 aliphatic rings. The lowest BCUT2D eigenvalue weighted by Crippen LogP contribution is -2.10. The van der Waals surface area contributed by atoms with Crippen LogP contribution in [-0.4, -0.2) is 23.0 Å². The topological polar surface area (TPSA) is 86.2 Å². The van der Waals surface area contributed by atoms with Crippen LogP contribution >= 0.6 is 27.5 Å². The maximum absolute atomic E-state index is 9.54. The van der Waals surface area contributed by atoms with Crippen molar-refractivity contribution < 1.29 is 9.59 Å². The van der Waals surface area contributed by atoms with E-state index in [1.807, 2.05) is 0 Å². The van der Waals surface area contributed by atoms with Gasteiger partial charge in [0.05, 0.1) is 5.33 Å². The van der Waals surface area contributed by atoms with Crippen LogP contribution in [0.2, 0.25) is 0 Å². The third-order valence-corrected chi connectivity index (χ3v) is 1.08. The molecule has 0 aromatic carbocycles. The molecule has 0 bridgehead atoms. The molecule has 0 heterocycles. The summed E-state index contributed by atoms with van der Waals surface area (Å²) in [5.74, 6) is -0.892. The summed E-state index contributed by atoms with van der Waals surface area (Å²) in [5.41, 5.74) is 9.13. The summed E-state index contributed by atoms with van der Waals surface area (Å²) >= 11 is 7.70. The van der Waals surface area contributed by atoms with Gasteiger partial charge in [-0.25, -0.2) is 0 Å². The molecule has 10 heavy (non-hydrogen) atoms. The summed E-state index contributed by atoms with van der Waals surface area (Å²) in [6.45, 7) is 0. The second-order valence-corrected chi connectivity index (χ2v) is 2.03. The number of rotatable bonds is 2. The SMILES string of the molecule is NC(=O)CBr.NC(=O)CCl. The second-order valence-electron chi connectivity index (χ2n) is 1.20. The van der Waals surface area contributed by atoms with Crippen molar-refractivity contribution in [3.8, 4) is 0 Å². The van der Waals surface area contributed by atoms with Gasteiger partial charge >= 0.3 is 0 Å². The summed E-state index contributed by atoms with van der Waals surface area (Å²) in [6, 6.07) is 0. The van der Waals surface area contributed by atoms with Crippen molar-refractivity contribution in [1.82, 2.24) is 0 Å². The van der Waals surface area contributed by atoms with Crippen LogP contribution in [0.1, 0.15) is 0 Å². The van der Waals surface area contributed by atoms with Crippen molar-refractivity contribution >= 4 is 39.3 Å². The van der Waals surface area contributed by atoms with Crippen molar-refractivity contribution in [2.45, 2.75) is 0 Å². The van der Waals surface area contributed by atoms with E-state index in [1.54, 1.807) is 0 Å². The maximum Gasteiger partial charge on any atom is 0.232 e. The van der Waals surface area contributed by atoms with Gasteiger partial charge in [-0.2, -0.15) is 0 Å². The maximum atomic E-state index is 9.54. The fraction of sp³-hybridized carbons (Fsp3) is 0.500. The highest BCUT2D eigenvalue weighted by molar-refractivity contribution is 9.09. The number of amides is 2. The van der Waals surface area contributed by atoms with Gasteiger partial charge in [-0.15, -0.1) is 11.6 Å². The minimum Gasteiger partial charge on any atom is -0.369 e. The van der Waals surface area contributed by atoms with E-state index in [9.17, 15) is 9.59 Å². The molecule has 0 spiro atoms. The van der Waals surface area contributed by atoms with E-state index in [-0.39, 0.29) is 17.1 Å². The number of alkyl halides is 2. The first-order chi connectivity index (χ1) is 4.54. The third-order valence-electron chi connectivity index (χ3n) is 0.263. The molecule has 0 aliphatic carbocycles. The molecule has 60 valence electrons. The van der Waals surface area contributed by atoms with Crippen molar-refractivity contribution in [2.24, 2.45) is 11.5 Å². The van der Waals surface area contributed by atoms with Crippen LogP contribution in [0.15, 0.2) is 0 Å². The van der Waals surface area contributed by atoms with Crippen LogP contribution in [0, 0.1) is 0 Å². The Balaban J connectivity index is 0. The lowest BCUT2D eigenvalue weighted by Gasteiger charge is -1.71. The fourth-order valence-corrected chi connectivity index (χ4v) is 0. The summed E-state index contributed by atoms with van der Waals surface area (Å²) < 4.78 is 0.